The number of hydrogen-bond donors (Lipinski definition) is 1. The van der Waals surface area contributed by atoms with Crippen LogP contribution >= 0.6 is 11.3 Å². The highest BCUT2D eigenvalue weighted by molar-refractivity contribution is 7.15. The van der Waals surface area contributed by atoms with Crippen molar-refractivity contribution in [1.82, 2.24) is 14.7 Å². The first kappa shape index (κ1) is 14.1. The van der Waals surface area contributed by atoms with Crippen molar-refractivity contribution in [2.24, 2.45) is 0 Å². The summed E-state index contributed by atoms with van der Waals surface area (Å²) in [6.07, 6.45) is 2.09. The lowest BCUT2D eigenvalue weighted by molar-refractivity contribution is 0.772. The first-order chi connectivity index (χ1) is 10.2. The number of benzene rings is 1. The van der Waals surface area contributed by atoms with Crippen LogP contribution in [0.5, 0.6) is 0 Å². The van der Waals surface area contributed by atoms with Crippen LogP contribution in [0.25, 0.3) is 4.96 Å². The van der Waals surface area contributed by atoms with Crippen LogP contribution in [0.3, 0.4) is 0 Å². The van der Waals surface area contributed by atoms with Crippen LogP contribution in [0.1, 0.15) is 16.8 Å². The molecule has 0 atom stereocenters. The lowest BCUT2D eigenvalue weighted by Crippen LogP contribution is -2.20. The van der Waals surface area contributed by atoms with E-state index in [9.17, 15) is 0 Å². The number of anilines is 1. The molecule has 0 saturated carbocycles. The van der Waals surface area contributed by atoms with E-state index in [-0.39, 0.29) is 0 Å². The molecule has 4 nitrogen and oxygen atoms in total. The van der Waals surface area contributed by atoms with Gasteiger partial charge in [0.1, 0.15) is 0 Å². The second-order valence-corrected chi connectivity index (χ2v) is 6.12. The van der Waals surface area contributed by atoms with E-state index in [0.717, 1.165) is 23.9 Å². The molecule has 3 aromatic rings. The first-order valence-electron chi connectivity index (χ1n) is 7.05. The molecule has 0 amide bonds. The van der Waals surface area contributed by atoms with E-state index in [1.165, 1.54) is 16.8 Å². The van der Waals surface area contributed by atoms with Crippen LogP contribution < -0.4 is 10.2 Å². The molecule has 2 heterocycles. The van der Waals surface area contributed by atoms with Crippen molar-refractivity contribution in [1.29, 1.82) is 0 Å². The van der Waals surface area contributed by atoms with Gasteiger partial charge in [-0.2, -0.15) is 0 Å². The Bertz CT molecular complexity index is 744. The molecule has 0 spiro atoms. The van der Waals surface area contributed by atoms with E-state index in [1.54, 1.807) is 11.3 Å². The highest BCUT2D eigenvalue weighted by Gasteiger charge is 2.16. The van der Waals surface area contributed by atoms with E-state index >= 15 is 0 Å². The fraction of sp³-hybridized carbons (Fsp3) is 0.312. The van der Waals surface area contributed by atoms with Crippen molar-refractivity contribution in [3.8, 4) is 0 Å². The van der Waals surface area contributed by atoms with Crippen molar-refractivity contribution < 1.29 is 0 Å². The summed E-state index contributed by atoms with van der Waals surface area (Å²) in [5.74, 6) is 1.06. The van der Waals surface area contributed by atoms with Gasteiger partial charge in [-0.15, -0.1) is 11.3 Å². The van der Waals surface area contributed by atoms with Crippen LogP contribution in [0.15, 0.2) is 35.8 Å². The predicted molar refractivity (Wildman–Crippen MR) is 89.1 cm³/mol. The quantitative estimate of drug-likeness (QED) is 0.786. The molecule has 0 aliphatic rings. The average Bonchev–Trinajstić information content (AvgIpc) is 3.04. The summed E-state index contributed by atoms with van der Waals surface area (Å²) >= 11 is 1.67. The van der Waals surface area contributed by atoms with Gasteiger partial charge < -0.3 is 10.2 Å². The van der Waals surface area contributed by atoms with Crippen molar-refractivity contribution >= 4 is 22.1 Å². The largest absolute Gasteiger partial charge is 0.354 e. The maximum Gasteiger partial charge on any atom is 0.195 e. The topological polar surface area (TPSA) is 32.6 Å². The number of fused-ring (bicyclic) bond motifs is 1. The smallest absolute Gasteiger partial charge is 0.195 e. The number of nitrogens with zero attached hydrogens (tertiary/aromatic N) is 3. The molecule has 3 rings (SSSR count). The minimum atomic E-state index is 0.811. The van der Waals surface area contributed by atoms with E-state index in [2.05, 4.69) is 64.4 Å². The van der Waals surface area contributed by atoms with E-state index in [0.29, 0.717) is 0 Å². The summed E-state index contributed by atoms with van der Waals surface area (Å²) in [6, 6.07) is 8.51. The minimum Gasteiger partial charge on any atom is -0.354 e. The molecule has 0 radical (unpaired) electrons. The Morgan fingerprint density at radius 2 is 2.14 bits per heavy atom. The number of nitrogens with one attached hydrogen (secondary N) is 1. The van der Waals surface area contributed by atoms with Crippen molar-refractivity contribution in [3.05, 3.63) is 52.7 Å². The van der Waals surface area contributed by atoms with Crippen molar-refractivity contribution in [2.45, 2.75) is 20.0 Å². The Morgan fingerprint density at radius 3 is 2.90 bits per heavy atom. The molecular formula is C16H20N4S. The van der Waals surface area contributed by atoms with Crippen LogP contribution in [0.2, 0.25) is 0 Å². The van der Waals surface area contributed by atoms with E-state index in [4.69, 9.17) is 4.98 Å². The second kappa shape index (κ2) is 5.87. The third kappa shape index (κ3) is 2.66. The molecule has 0 unspecified atom stereocenters. The van der Waals surface area contributed by atoms with Gasteiger partial charge in [-0.3, -0.25) is 4.40 Å². The molecule has 110 valence electrons. The first-order valence-corrected chi connectivity index (χ1v) is 7.93. The lowest BCUT2D eigenvalue weighted by atomic mass is 10.1. The molecule has 2 aromatic heterocycles. The lowest BCUT2D eigenvalue weighted by Gasteiger charge is -2.19. The number of aryl methyl sites for hydroxylation is 1. The molecule has 1 N–H and O–H groups in total. The van der Waals surface area contributed by atoms with Crippen molar-refractivity contribution in [2.75, 3.05) is 19.0 Å². The zero-order chi connectivity index (χ0) is 14.8. The third-order valence-corrected chi connectivity index (χ3v) is 4.47. The molecule has 0 bridgehead atoms. The predicted octanol–water partition coefficient (Wildman–Crippen LogP) is 3.06. The summed E-state index contributed by atoms with van der Waals surface area (Å²) < 4.78 is 2.17. The van der Waals surface area contributed by atoms with Crippen LogP contribution in [0, 0.1) is 6.92 Å². The van der Waals surface area contributed by atoms with Crippen LogP contribution in [-0.2, 0) is 13.1 Å². The molecule has 21 heavy (non-hydrogen) atoms. The Kier molecular flexibility index (Phi) is 3.94. The van der Waals surface area contributed by atoms with Crippen LogP contribution in [-0.4, -0.2) is 23.5 Å². The standard InChI is InChI=1S/C16H20N4S/c1-12-6-4-5-7-13(12)11-19(3)15-14(10-17-2)20-8-9-21-16(20)18-15/h4-9,17H,10-11H2,1-3H3. The summed E-state index contributed by atoms with van der Waals surface area (Å²) in [5.41, 5.74) is 3.87. The highest BCUT2D eigenvalue weighted by Crippen LogP contribution is 2.25. The number of rotatable bonds is 5. The van der Waals surface area contributed by atoms with Crippen molar-refractivity contribution in [3.63, 3.8) is 0 Å². The normalized spacial score (nSPS) is 11.2. The highest BCUT2D eigenvalue weighted by atomic mass is 32.1. The zero-order valence-electron chi connectivity index (χ0n) is 12.6. The Hall–Kier alpha value is -1.85. The second-order valence-electron chi connectivity index (χ2n) is 5.25. The Balaban J connectivity index is 1.93. The third-order valence-electron chi connectivity index (χ3n) is 3.71. The van der Waals surface area contributed by atoms with E-state index in [1.807, 2.05) is 7.05 Å². The zero-order valence-corrected chi connectivity index (χ0v) is 13.4. The number of hydrogen-bond acceptors (Lipinski definition) is 4. The fourth-order valence-corrected chi connectivity index (χ4v) is 3.30. The molecular weight excluding hydrogens is 280 g/mol. The monoisotopic (exact) mass is 300 g/mol. The molecule has 0 fully saturated rings. The summed E-state index contributed by atoms with van der Waals surface area (Å²) in [4.78, 5) is 8.06. The molecule has 0 saturated heterocycles. The number of thiazole rings is 1. The van der Waals surface area contributed by atoms with Gasteiger partial charge in [0.25, 0.3) is 0 Å². The summed E-state index contributed by atoms with van der Waals surface area (Å²) in [5, 5.41) is 5.32. The van der Waals surface area contributed by atoms with Gasteiger partial charge in [0.05, 0.1) is 5.69 Å². The van der Waals surface area contributed by atoms with Gasteiger partial charge in [-0.25, -0.2) is 4.98 Å². The van der Waals surface area contributed by atoms with Crippen LogP contribution in [0.4, 0.5) is 5.82 Å². The average molecular weight is 300 g/mol. The molecule has 0 aliphatic heterocycles. The molecule has 5 heteroatoms. The van der Waals surface area contributed by atoms with Gasteiger partial charge in [0, 0.05) is 31.7 Å². The number of imidazole rings is 1. The fourth-order valence-electron chi connectivity index (χ4n) is 2.58. The summed E-state index contributed by atoms with van der Waals surface area (Å²) in [6.45, 7) is 3.84. The Labute approximate surface area is 129 Å². The maximum atomic E-state index is 4.78. The van der Waals surface area contributed by atoms with E-state index < -0.39 is 0 Å². The maximum absolute atomic E-state index is 4.78. The summed E-state index contributed by atoms with van der Waals surface area (Å²) in [7, 11) is 4.08. The van der Waals surface area contributed by atoms with Gasteiger partial charge in [0.2, 0.25) is 0 Å². The van der Waals surface area contributed by atoms with Gasteiger partial charge >= 0.3 is 0 Å². The SMILES string of the molecule is CNCc1c(N(C)Cc2ccccc2C)nc2sccn12. The molecule has 0 aliphatic carbocycles. The molecule has 1 aromatic carbocycles. The Morgan fingerprint density at radius 1 is 1.33 bits per heavy atom. The van der Waals surface area contributed by atoms with Gasteiger partial charge in [0.15, 0.2) is 10.8 Å². The van der Waals surface area contributed by atoms with Gasteiger partial charge in [-0.1, -0.05) is 24.3 Å². The minimum absolute atomic E-state index is 0.811. The van der Waals surface area contributed by atoms with Gasteiger partial charge in [-0.05, 0) is 25.1 Å². The number of aromatic nitrogens is 2.